The summed E-state index contributed by atoms with van der Waals surface area (Å²) in [7, 11) is 0. The lowest BCUT2D eigenvalue weighted by Crippen LogP contribution is -2.62. The first-order valence-electron chi connectivity index (χ1n) is 6.58. The number of likely N-dealkylation sites (tertiary alicyclic amines) is 1. The lowest BCUT2D eigenvalue weighted by Gasteiger charge is -2.47. The highest BCUT2D eigenvalue weighted by Gasteiger charge is 2.47. The molecule has 0 radical (unpaired) electrons. The number of hydrogen-bond donors (Lipinski definition) is 1. The van der Waals surface area contributed by atoms with E-state index in [-0.39, 0.29) is 13.1 Å². The van der Waals surface area contributed by atoms with Crippen molar-refractivity contribution in [1.29, 1.82) is 0 Å². The highest BCUT2D eigenvalue weighted by atomic mass is 35.5. The Bertz CT molecular complexity index is 530. The van der Waals surface area contributed by atoms with Crippen LogP contribution in [0.15, 0.2) is 18.2 Å². The van der Waals surface area contributed by atoms with Crippen molar-refractivity contribution in [2.45, 2.75) is 38.9 Å². The molecular formula is C15H20ClNO3. The van der Waals surface area contributed by atoms with Crippen molar-refractivity contribution in [3.05, 3.63) is 34.3 Å². The predicted octanol–water partition coefficient (Wildman–Crippen LogP) is 3.09. The van der Waals surface area contributed by atoms with Gasteiger partial charge in [-0.1, -0.05) is 17.7 Å². The minimum absolute atomic E-state index is 0.225. The van der Waals surface area contributed by atoms with Gasteiger partial charge in [0.15, 0.2) is 0 Å². The molecule has 1 amide bonds. The normalized spacial score (nSPS) is 17.6. The lowest BCUT2D eigenvalue weighted by molar-refractivity contribution is -0.104. The Kier molecular flexibility index (Phi) is 3.73. The van der Waals surface area contributed by atoms with E-state index in [0.717, 1.165) is 11.1 Å². The number of halogens is 1. The van der Waals surface area contributed by atoms with Gasteiger partial charge >= 0.3 is 6.09 Å². The fourth-order valence-electron chi connectivity index (χ4n) is 2.31. The van der Waals surface area contributed by atoms with Crippen LogP contribution in [0.1, 0.15) is 31.9 Å². The van der Waals surface area contributed by atoms with Crippen LogP contribution in [0.5, 0.6) is 0 Å². The van der Waals surface area contributed by atoms with Gasteiger partial charge in [-0.05, 0) is 51.0 Å². The summed E-state index contributed by atoms with van der Waals surface area (Å²) in [5.41, 5.74) is 0.161. The zero-order chi connectivity index (χ0) is 15.1. The molecule has 0 atom stereocenters. The molecule has 110 valence electrons. The van der Waals surface area contributed by atoms with Gasteiger partial charge < -0.3 is 14.7 Å². The molecule has 0 unspecified atom stereocenters. The summed E-state index contributed by atoms with van der Waals surface area (Å²) in [6.07, 6.45) is -0.401. The van der Waals surface area contributed by atoms with Gasteiger partial charge in [0.2, 0.25) is 0 Å². The summed E-state index contributed by atoms with van der Waals surface area (Å²) in [6, 6.07) is 5.41. The predicted molar refractivity (Wildman–Crippen MR) is 77.9 cm³/mol. The maximum Gasteiger partial charge on any atom is 0.410 e. The second-order valence-corrected chi connectivity index (χ2v) is 6.76. The summed E-state index contributed by atoms with van der Waals surface area (Å²) < 4.78 is 5.27. The van der Waals surface area contributed by atoms with Crippen molar-refractivity contribution in [2.75, 3.05) is 13.1 Å². The molecule has 1 N–H and O–H groups in total. The minimum Gasteiger partial charge on any atom is -0.444 e. The third-order valence-corrected chi connectivity index (χ3v) is 3.49. The van der Waals surface area contributed by atoms with Gasteiger partial charge in [-0.25, -0.2) is 4.79 Å². The quantitative estimate of drug-likeness (QED) is 0.866. The molecule has 1 saturated heterocycles. The highest BCUT2D eigenvalue weighted by molar-refractivity contribution is 6.30. The van der Waals surface area contributed by atoms with Gasteiger partial charge in [-0.15, -0.1) is 0 Å². The molecule has 1 aromatic carbocycles. The van der Waals surface area contributed by atoms with Gasteiger partial charge in [0.25, 0.3) is 0 Å². The number of carbonyl (C=O) groups is 1. The maximum atomic E-state index is 11.9. The molecule has 2 rings (SSSR count). The van der Waals surface area contributed by atoms with Gasteiger partial charge in [0, 0.05) is 5.02 Å². The van der Waals surface area contributed by atoms with E-state index in [2.05, 4.69) is 0 Å². The summed E-state index contributed by atoms with van der Waals surface area (Å²) in [5, 5.41) is 11.2. The molecule has 0 aliphatic carbocycles. The Balaban J connectivity index is 2.07. The maximum absolute atomic E-state index is 11.9. The number of ether oxygens (including phenoxy) is 1. The molecule has 4 nitrogen and oxygen atoms in total. The Labute approximate surface area is 124 Å². The van der Waals surface area contributed by atoms with Crippen molar-refractivity contribution in [3.63, 3.8) is 0 Å². The number of β-amino-alcohol motifs (C(OH)–C–C–N with tert-alkyl or cyclic N) is 1. The lowest BCUT2D eigenvalue weighted by atomic mass is 9.84. The van der Waals surface area contributed by atoms with Gasteiger partial charge in [0.05, 0.1) is 13.1 Å². The van der Waals surface area contributed by atoms with Crippen LogP contribution in [-0.2, 0) is 10.3 Å². The first-order chi connectivity index (χ1) is 9.11. The molecule has 5 heteroatoms. The van der Waals surface area contributed by atoms with Crippen LogP contribution in [-0.4, -0.2) is 34.8 Å². The van der Waals surface area contributed by atoms with Crippen LogP contribution >= 0.6 is 11.6 Å². The Morgan fingerprint density at radius 2 is 2.00 bits per heavy atom. The molecule has 1 fully saturated rings. The van der Waals surface area contributed by atoms with Gasteiger partial charge in [-0.3, -0.25) is 0 Å². The van der Waals surface area contributed by atoms with Crippen LogP contribution < -0.4 is 0 Å². The Hall–Kier alpha value is -1.26. The summed E-state index contributed by atoms with van der Waals surface area (Å²) >= 11 is 5.97. The van der Waals surface area contributed by atoms with E-state index in [1.54, 1.807) is 12.1 Å². The number of aryl methyl sites for hydroxylation is 1. The number of nitrogens with zero attached hydrogens (tertiary/aromatic N) is 1. The summed E-state index contributed by atoms with van der Waals surface area (Å²) in [6.45, 7) is 7.82. The van der Waals surface area contributed by atoms with Crippen molar-refractivity contribution < 1.29 is 14.6 Å². The number of rotatable bonds is 1. The van der Waals surface area contributed by atoms with E-state index in [1.807, 2.05) is 33.8 Å². The van der Waals surface area contributed by atoms with Crippen molar-refractivity contribution >= 4 is 17.7 Å². The molecule has 1 aliphatic heterocycles. The third-order valence-electron chi connectivity index (χ3n) is 3.26. The third kappa shape index (κ3) is 3.07. The fourth-order valence-corrected chi connectivity index (χ4v) is 2.48. The topological polar surface area (TPSA) is 49.8 Å². The molecule has 1 aliphatic rings. The number of aliphatic hydroxyl groups is 1. The van der Waals surface area contributed by atoms with Crippen molar-refractivity contribution in [1.82, 2.24) is 4.90 Å². The zero-order valence-corrected chi connectivity index (χ0v) is 13.0. The highest BCUT2D eigenvalue weighted by Crippen LogP contribution is 2.35. The Morgan fingerprint density at radius 1 is 1.40 bits per heavy atom. The average Bonchev–Trinajstić information content (AvgIpc) is 2.25. The SMILES string of the molecule is Cc1ccc(Cl)cc1C1(O)CN(C(=O)OC(C)(C)C)C1. The van der Waals surface area contributed by atoms with Crippen molar-refractivity contribution in [2.24, 2.45) is 0 Å². The molecule has 1 heterocycles. The van der Waals surface area contributed by atoms with Crippen molar-refractivity contribution in [3.8, 4) is 0 Å². The van der Waals surface area contributed by atoms with E-state index in [1.165, 1.54) is 4.90 Å². The van der Waals surface area contributed by atoms with E-state index < -0.39 is 17.3 Å². The van der Waals surface area contributed by atoms with Crippen LogP contribution in [0, 0.1) is 6.92 Å². The van der Waals surface area contributed by atoms with Gasteiger partial charge in [0.1, 0.15) is 11.2 Å². The molecule has 0 saturated carbocycles. The zero-order valence-electron chi connectivity index (χ0n) is 12.2. The van der Waals surface area contributed by atoms with Crippen LogP contribution in [0.4, 0.5) is 4.79 Å². The largest absolute Gasteiger partial charge is 0.444 e. The van der Waals surface area contributed by atoms with E-state index in [4.69, 9.17) is 16.3 Å². The first kappa shape index (κ1) is 15.1. The second kappa shape index (κ2) is 4.93. The van der Waals surface area contributed by atoms with E-state index in [9.17, 15) is 9.90 Å². The minimum atomic E-state index is -1.04. The monoisotopic (exact) mass is 297 g/mol. The molecule has 20 heavy (non-hydrogen) atoms. The molecule has 1 aromatic rings. The smallest absolute Gasteiger partial charge is 0.410 e. The van der Waals surface area contributed by atoms with E-state index >= 15 is 0 Å². The van der Waals surface area contributed by atoms with Crippen LogP contribution in [0.25, 0.3) is 0 Å². The number of hydrogen-bond acceptors (Lipinski definition) is 3. The average molecular weight is 298 g/mol. The van der Waals surface area contributed by atoms with Gasteiger partial charge in [-0.2, -0.15) is 0 Å². The first-order valence-corrected chi connectivity index (χ1v) is 6.95. The molecule has 0 spiro atoms. The van der Waals surface area contributed by atoms with Crippen LogP contribution in [0.3, 0.4) is 0 Å². The van der Waals surface area contributed by atoms with Crippen LogP contribution in [0.2, 0.25) is 5.02 Å². The Morgan fingerprint density at radius 3 is 2.55 bits per heavy atom. The molecule has 0 aromatic heterocycles. The second-order valence-electron chi connectivity index (χ2n) is 6.33. The molecule has 0 bridgehead atoms. The fraction of sp³-hybridized carbons (Fsp3) is 0.533. The number of benzene rings is 1. The standard InChI is InChI=1S/C15H20ClNO3/c1-10-5-6-11(16)7-12(10)15(19)8-17(9-15)13(18)20-14(2,3)4/h5-7,19H,8-9H2,1-4H3. The number of carbonyl (C=O) groups excluding carboxylic acids is 1. The number of amides is 1. The molecular weight excluding hydrogens is 278 g/mol. The van der Waals surface area contributed by atoms with E-state index in [0.29, 0.717) is 5.02 Å². The summed E-state index contributed by atoms with van der Waals surface area (Å²) in [5.74, 6) is 0. The summed E-state index contributed by atoms with van der Waals surface area (Å²) in [4.78, 5) is 13.4.